The number of rotatable bonds is 5. The minimum Gasteiger partial charge on any atom is -0.343 e. The van der Waals surface area contributed by atoms with Crippen LogP contribution in [-0.4, -0.2) is 16.0 Å². The Kier molecular flexibility index (Phi) is 5.30. The first-order chi connectivity index (χ1) is 11.6. The van der Waals surface area contributed by atoms with Gasteiger partial charge in [-0.25, -0.2) is 0 Å². The van der Waals surface area contributed by atoms with Gasteiger partial charge in [-0.3, -0.25) is 4.79 Å². The molecule has 5 nitrogen and oxygen atoms in total. The van der Waals surface area contributed by atoms with Crippen LogP contribution in [0, 0.1) is 0 Å². The van der Waals surface area contributed by atoms with E-state index in [2.05, 4.69) is 15.5 Å². The lowest BCUT2D eigenvalue weighted by molar-refractivity contribution is -0.116. The molecule has 0 saturated carbocycles. The molecule has 2 aromatic heterocycles. The number of hydrogen-bond donors (Lipinski definition) is 1. The summed E-state index contributed by atoms with van der Waals surface area (Å²) in [7, 11) is 0. The largest absolute Gasteiger partial charge is 0.343 e. The summed E-state index contributed by atoms with van der Waals surface area (Å²) in [5.41, 5.74) is 0.703. The highest BCUT2D eigenvalue weighted by molar-refractivity contribution is 7.13. The summed E-state index contributed by atoms with van der Waals surface area (Å²) >= 11 is 13.4. The Bertz CT molecular complexity index is 875. The van der Waals surface area contributed by atoms with Gasteiger partial charge in [0.1, 0.15) is 0 Å². The number of halogens is 2. The molecule has 0 saturated heterocycles. The lowest BCUT2D eigenvalue weighted by atomic mass is 10.2. The number of hydrogen-bond acceptors (Lipinski definition) is 5. The predicted octanol–water partition coefficient (Wildman–Crippen LogP) is 4.43. The van der Waals surface area contributed by atoms with E-state index in [0.29, 0.717) is 27.3 Å². The smallest absolute Gasteiger partial charge is 0.246 e. The number of amides is 1. The molecule has 122 valence electrons. The Balaban J connectivity index is 1.57. The fraction of sp³-hybridized carbons (Fsp3) is 0.0625. The SMILES string of the molecule is O=C(/C=C/c1ccc(Cl)cc1Cl)NCc1nc(-c2cccs2)no1. The van der Waals surface area contributed by atoms with Crippen LogP contribution in [0.25, 0.3) is 16.8 Å². The number of carbonyl (C=O) groups is 1. The minimum absolute atomic E-state index is 0.149. The molecule has 24 heavy (non-hydrogen) atoms. The molecule has 2 heterocycles. The number of nitrogens with one attached hydrogen (secondary N) is 1. The van der Waals surface area contributed by atoms with Crippen LogP contribution in [0.1, 0.15) is 11.5 Å². The van der Waals surface area contributed by atoms with Gasteiger partial charge in [-0.05, 0) is 35.2 Å². The van der Waals surface area contributed by atoms with Crippen molar-refractivity contribution in [3.8, 4) is 10.7 Å². The van der Waals surface area contributed by atoms with Crippen molar-refractivity contribution in [3.63, 3.8) is 0 Å². The molecule has 0 spiro atoms. The van der Waals surface area contributed by atoms with Crippen molar-refractivity contribution < 1.29 is 9.32 Å². The summed E-state index contributed by atoms with van der Waals surface area (Å²) in [6.07, 6.45) is 2.99. The molecule has 1 amide bonds. The van der Waals surface area contributed by atoms with Crippen LogP contribution >= 0.6 is 34.5 Å². The maximum atomic E-state index is 11.8. The summed E-state index contributed by atoms with van der Waals surface area (Å²) in [5, 5.41) is 9.49. The van der Waals surface area contributed by atoms with Crippen LogP contribution in [0.4, 0.5) is 0 Å². The quantitative estimate of drug-likeness (QED) is 0.665. The topological polar surface area (TPSA) is 68.0 Å². The molecule has 3 rings (SSSR count). The third-order valence-electron chi connectivity index (χ3n) is 3.00. The first-order valence-corrected chi connectivity index (χ1v) is 8.53. The zero-order valence-corrected chi connectivity index (χ0v) is 14.5. The van der Waals surface area contributed by atoms with Crippen LogP contribution in [0.15, 0.2) is 46.3 Å². The molecule has 0 fully saturated rings. The number of benzene rings is 1. The summed E-state index contributed by atoms with van der Waals surface area (Å²) in [5.74, 6) is 0.555. The van der Waals surface area contributed by atoms with Crippen molar-refractivity contribution in [1.29, 1.82) is 0 Å². The highest BCUT2D eigenvalue weighted by Crippen LogP contribution is 2.22. The number of carbonyl (C=O) groups excluding carboxylic acids is 1. The number of nitrogens with zero attached hydrogens (tertiary/aromatic N) is 2. The van der Waals surface area contributed by atoms with Gasteiger partial charge >= 0.3 is 0 Å². The first kappa shape index (κ1) is 16.7. The molecular weight excluding hydrogens is 369 g/mol. The molecule has 0 radical (unpaired) electrons. The molecule has 0 bridgehead atoms. The van der Waals surface area contributed by atoms with E-state index in [9.17, 15) is 4.79 Å². The third kappa shape index (κ3) is 4.23. The molecule has 0 aliphatic carbocycles. The normalized spacial score (nSPS) is 11.1. The maximum absolute atomic E-state index is 11.8. The Morgan fingerprint density at radius 2 is 2.21 bits per heavy atom. The van der Waals surface area contributed by atoms with Gasteiger partial charge in [0.25, 0.3) is 0 Å². The van der Waals surface area contributed by atoms with Crippen LogP contribution in [0.2, 0.25) is 10.0 Å². The van der Waals surface area contributed by atoms with Crippen molar-refractivity contribution in [3.05, 3.63) is 63.3 Å². The van der Waals surface area contributed by atoms with Gasteiger partial charge in [0, 0.05) is 16.1 Å². The van der Waals surface area contributed by atoms with Gasteiger partial charge in [-0.1, -0.05) is 40.5 Å². The molecule has 1 N–H and O–H groups in total. The molecule has 0 aliphatic rings. The highest BCUT2D eigenvalue weighted by atomic mass is 35.5. The monoisotopic (exact) mass is 379 g/mol. The van der Waals surface area contributed by atoms with Gasteiger partial charge in [-0.15, -0.1) is 11.3 Å². The van der Waals surface area contributed by atoms with Crippen molar-refractivity contribution in [2.75, 3.05) is 0 Å². The number of aromatic nitrogens is 2. The van der Waals surface area contributed by atoms with Gasteiger partial charge in [0.15, 0.2) is 0 Å². The second kappa shape index (κ2) is 7.61. The molecule has 1 aromatic carbocycles. The molecule has 8 heteroatoms. The van der Waals surface area contributed by atoms with Gasteiger partial charge in [0.05, 0.1) is 11.4 Å². The van der Waals surface area contributed by atoms with Crippen molar-refractivity contribution in [2.24, 2.45) is 0 Å². The predicted molar refractivity (Wildman–Crippen MR) is 95.0 cm³/mol. The lowest BCUT2D eigenvalue weighted by Gasteiger charge is -1.99. The zero-order chi connectivity index (χ0) is 16.9. The second-order valence-corrected chi connectivity index (χ2v) is 6.50. The van der Waals surface area contributed by atoms with E-state index in [1.165, 1.54) is 17.4 Å². The highest BCUT2D eigenvalue weighted by Gasteiger charge is 2.09. The Labute approximate surface area is 151 Å². The Morgan fingerprint density at radius 1 is 1.33 bits per heavy atom. The van der Waals surface area contributed by atoms with Gasteiger partial charge in [0.2, 0.25) is 17.6 Å². The third-order valence-corrected chi connectivity index (χ3v) is 4.43. The molecule has 0 unspecified atom stereocenters. The van der Waals surface area contributed by atoms with E-state index < -0.39 is 0 Å². The molecule has 0 atom stereocenters. The van der Waals surface area contributed by atoms with E-state index >= 15 is 0 Å². The number of thiophene rings is 1. The fourth-order valence-corrected chi connectivity index (χ4v) is 2.98. The average Bonchev–Trinajstić information content (AvgIpc) is 3.23. The summed E-state index contributed by atoms with van der Waals surface area (Å²) in [4.78, 5) is 17.0. The van der Waals surface area contributed by atoms with E-state index in [-0.39, 0.29) is 12.5 Å². The van der Waals surface area contributed by atoms with Gasteiger partial charge < -0.3 is 9.84 Å². The van der Waals surface area contributed by atoms with Crippen LogP contribution < -0.4 is 5.32 Å². The molecule has 0 aliphatic heterocycles. The van der Waals surface area contributed by atoms with Crippen LogP contribution in [-0.2, 0) is 11.3 Å². The minimum atomic E-state index is -0.295. The second-order valence-electron chi connectivity index (χ2n) is 4.71. The van der Waals surface area contributed by atoms with Crippen LogP contribution in [0.5, 0.6) is 0 Å². The Hall–Kier alpha value is -2.15. The van der Waals surface area contributed by atoms with Crippen LogP contribution in [0.3, 0.4) is 0 Å². The Morgan fingerprint density at radius 3 is 2.96 bits per heavy atom. The van der Waals surface area contributed by atoms with Gasteiger partial charge in [-0.2, -0.15) is 4.98 Å². The van der Waals surface area contributed by atoms with E-state index in [0.717, 1.165) is 4.88 Å². The first-order valence-electron chi connectivity index (χ1n) is 6.89. The maximum Gasteiger partial charge on any atom is 0.246 e. The molecular formula is C16H11Cl2N3O2S. The van der Waals surface area contributed by atoms with E-state index in [1.54, 1.807) is 24.3 Å². The average molecular weight is 380 g/mol. The van der Waals surface area contributed by atoms with E-state index in [1.807, 2.05) is 17.5 Å². The van der Waals surface area contributed by atoms with Crippen molar-refractivity contribution >= 4 is 46.5 Å². The lowest BCUT2D eigenvalue weighted by Crippen LogP contribution is -2.20. The van der Waals surface area contributed by atoms with Crippen molar-refractivity contribution in [2.45, 2.75) is 6.54 Å². The zero-order valence-electron chi connectivity index (χ0n) is 12.2. The molecule has 3 aromatic rings. The summed E-state index contributed by atoms with van der Waals surface area (Å²) in [6, 6.07) is 8.86. The van der Waals surface area contributed by atoms with E-state index in [4.69, 9.17) is 27.7 Å². The summed E-state index contributed by atoms with van der Waals surface area (Å²) < 4.78 is 5.10. The summed E-state index contributed by atoms with van der Waals surface area (Å²) in [6.45, 7) is 0.149. The van der Waals surface area contributed by atoms with Crippen molar-refractivity contribution in [1.82, 2.24) is 15.5 Å². The fourth-order valence-electron chi connectivity index (χ4n) is 1.86. The standard InChI is InChI=1S/C16H11Cl2N3O2S/c17-11-5-3-10(12(18)8-11)4-6-14(22)19-9-15-20-16(21-23-15)13-2-1-7-24-13/h1-8H,9H2,(H,19,22)/b6-4+.